The normalized spacial score (nSPS) is 11.3. The second-order valence-electron chi connectivity index (χ2n) is 4.31. The number of hydrogen-bond donors (Lipinski definition) is 2. The van der Waals surface area contributed by atoms with E-state index in [0.717, 1.165) is 17.7 Å². The quantitative estimate of drug-likeness (QED) is 0.771. The van der Waals surface area contributed by atoms with Crippen LogP contribution in [-0.4, -0.2) is 22.0 Å². The van der Waals surface area contributed by atoms with E-state index in [1.54, 1.807) is 12.1 Å². The van der Waals surface area contributed by atoms with Gasteiger partial charge in [-0.1, -0.05) is 23.8 Å². The Morgan fingerprint density at radius 3 is 2.33 bits per heavy atom. The SMILES string of the molecule is CNCc1ccc(S(=O)(=O)NCC=C(C)C)cc1. The topological polar surface area (TPSA) is 58.2 Å². The Labute approximate surface area is 109 Å². The van der Waals surface area contributed by atoms with Crippen molar-refractivity contribution < 1.29 is 8.42 Å². The summed E-state index contributed by atoms with van der Waals surface area (Å²) in [6.45, 7) is 4.91. The van der Waals surface area contributed by atoms with Crippen LogP contribution in [0.15, 0.2) is 40.8 Å². The maximum Gasteiger partial charge on any atom is 0.240 e. The van der Waals surface area contributed by atoms with Gasteiger partial charge in [-0.25, -0.2) is 13.1 Å². The molecule has 0 fully saturated rings. The number of allylic oxidation sites excluding steroid dienone is 1. The fourth-order valence-electron chi connectivity index (χ4n) is 1.43. The van der Waals surface area contributed by atoms with E-state index in [2.05, 4.69) is 10.0 Å². The molecule has 18 heavy (non-hydrogen) atoms. The third-order valence-electron chi connectivity index (χ3n) is 2.40. The van der Waals surface area contributed by atoms with Gasteiger partial charge in [-0.2, -0.15) is 0 Å². The first-order valence-corrected chi connectivity index (χ1v) is 7.30. The van der Waals surface area contributed by atoms with Gasteiger partial charge in [0, 0.05) is 13.1 Å². The Morgan fingerprint density at radius 1 is 1.22 bits per heavy atom. The van der Waals surface area contributed by atoms with Crippen LogP contribution in [0.4, 0.5) is 0 Å². The van der Waals surface area contributed by atoms with Crippen molar-refractivity contribution in [3.63, 3.8) is 0 Å². The average molecular weight is 268 g/mol. The molecule has 1 aromatic rings. The van der Waals surface area contributed by atoms with E-state index in [4.69, 9.17) is 0 Å². The molecule has 0 atom stereocenters. The van der Waals surface area contributed by atoms with Gasteiger partial charge < -0.3 is 5.32 Å². The number of benzene rings is 1. The zero-order valence-electron chi connectivity index (χ0n) is 11.0. The summed E-state index contributed by atoms with van der Waals surface area (Å²) in [4.78, 5) is 0.296. The van der Waals surface area contributed by atoms with Crippen molar-refractivity contribution in [1.29, 1.82) is 0 Å². The molecular weight excluding hydrogens is 248 g/mol. The fourth-order valence-corrected chi connectivity index (χ4v) is 2.39. The molecule has 0 aliphatic carbocycles. The summed E-state index contributed by atoms with van der Waals surface area (Å²) in [6.07, 6.45) is 1.84. The second-order valence-corrected chi connectivity index (χ2v) is 6.07. The minimum atomic E-state index is -3.40. The van der Waals surface area contributed by atoms with Crippen molar-refractivity contribution >= 4 is 10.0 Å². The van der Waals surface area contributed by atoms with Gasteiger partial charge in [0.25, 0.3) is 0 Å². The molecule has 1 aromatic carbocycles. The lowest BCUT2D eigenvalue weighted by Gasteiger charge is -2.06. The van der Waals surface area contributed by atoms with Crippen LogP contribution < -0.4 is 10.0 Å². The number of hydrogen-bond acceptors (Lipinski definition) is 3. The highest BCUT2D eigenvalue weighted by Crippen LogP contribution is 2.10. The van der Waals surface area contributed by atoms with Crippen LogP contribution in [0, 0.1) is 0 Å². The molecule has 5 heteroatoms. The van der Waals surface area contributed by atoms with E-state index >= 15 is 0 Å². The highest BCUT2D eigenvalue weighted by Gasteiger charge is 2.11. The van der Waals surface area contributed by atoms with Gasteiger partial charge in [-0.3, -0.25) is 0 Å². The zero-order valence-corrected chi connectivity index (χ0v) is 11.8. The molecule has 0 aliphatic rings. The van der Waals surface area contributed by atoms with E-state index < -0.39 is 10.0 Å². The van der Waals surface area contributed by atoms with Crippen LogP contribution in [0.1, 0.15) is 19.4 Å². The van der Waals surface area contributed by atoms with Gasteiger partial charge in [0.15, 0.2) is 0 Å². The van der Waals surface area contributed by atoms with Crippen LogP contribution in [-0.2, 0) is 16.6 Å². The molecular formula is C13H20N2O2S. The largest absolute Gasteiger partial charge is 0.316 e. The molecule has 0 spiro atoms. The molecule has 0 bridgehead atoms. The van der Waals surface area contributed by atoms with Crippen LogP contribution in [0.25, 0.3) is 0 Å². The van der Waals surface area contributed by atoms with Gasteiger partial charge in [0.05, 0.1) is 4.90 Å². The van der Waals surface area contributed by atoms with E-state index in [1.165, 1.54) is 0 Å². The fraction of sp³-hybridized carbons (Fsp3) is 0.385. The van der Waals surface area contributed by atoms with E-state index in [-0.39, 0.29) is 0 Å². The predicted octanol–water partition coefficient (Wildman–Crippen LogP) is 1.65. The maximum absolute atomic E-state index is 11.9. The van der Waals surface area contributed by atoms with Crippen molar-refractivity contribution in [2.75, 3.05) is 13.6 Å². The van der Waals surface area contributed by atoms with Crippen molar-refractivity contribution in [3.05, 3.63) is 41.5 Å². The molecule has 2 N–H and O–H groups in total. The molecule has 100 valence electrons. The first-order valence-electron chi connectivity index (χ1n) is 5.82. The van der Waals surface area contributed by atoms with Crippen molar-refractivity contribution in [3.8, 4) is 0 Å². The van der Waals surface area contributed by atoms with Gasteiger partial charge in [-0.05, 0) is 38.6 Å². The average Bonchev–Trinajstić information content (AvgIpc) is 2.29. The minimum absolute atomic E-state index is 0.296. The maximum atomic E-state index is 11.9. The van der Waals surface area contributed by atoms with Crippen molar-refractivity contribution in [2.45, 2.75) is 25.3 Å². The number of nitrogens with one attached hydrogen (secondary N) is 2. The van der Waals surface area contributed by atoms with Gasteiger partial charge >= 0.3 is 0 Å². The van der Waals surface area contributed by atoms with Crippen molar-refractivity contribution in [2.24, 2.45) is 0 Å². The molecule has 0 aromatic heterocycles. The molecule has 0 saturated carbocycles. The van der Waals surface area contributed by atoms with Gasteiger partial charge in [0.2, 0.25) is 10.0 Å². The smallest absolute Gasteiger partial charge is 0.240 e. The molecule has 4 nitrogen and oxygen atoms in total. The number of rotatable bonds is 6. The van der Waals surface area contributed by atoms with Gasteiger partial charge in [-0.15, -0.1) is 0 Å². The molecule has 1 rings (SSSR count). The predicted molar refractivity (Wildman–Crippen MR) is 73.8 cm³/mol. The number of sulfonamides is 1. The summed E-state index contributed by atoms with van der Waals surface area (Å²) in [5, 5.41) is 3.02. The van der Waals surface area contributed by atoms with Crippen LogP contribution in [0.2, 0.25) is 0 Å². The molecule has 0 saturated heterocycles. The van der Waals surface area contributed by atoms with Crippen LogP contribution >= 0.6 is 0 Å². The second kappa shape index (κ2) is 6.68. The van der Waals surface area contributed by atoms with Gasteiger partial charge in [0.1, 0.15) is 0 Å². The Hall–Kier alpha value is -1.17. The lowest BCUT2D eigenvalue weighted by Crippen LogP contribution is -2.23. The first-order chi connectivity index (χ1) is 8.45. The Balaban J connectivity index is 2.76. The van der Waals surface area contributed by atoms with E-state index in [1.807, 2.05) is 39.1 Å². The standard InChI is InChI=1S/C13H20N2O2S/c1-11(2)8-9-15-18(16,17)13-6-4-12(5-7-13)10-14-3/h4-8,14-15H,9-10H2,1-3H3. The summed E-state index contributed by atoms with van der Waals surface area (Å²) >= 11 is 0. The Bertz CT molecular complexity index is 500. The van der Waals surface area contributed by atoms with Crippen LogP contribution in [0.3, 0.4) is 0 Å². The third-order valence-corrected chi connectivity index (χ3v) is 3.84. The molecule has 0 heterocycles. The molecule has 0 amide bonds. The minimum Gasteiger partial charge on any atom is -0.316 e. The summed E-state index contributed by atoms with van der Waals surface area (Å²) in [6, 6.07) is 6.87. The first kappa shape index (κ1) is 14.9. The summed E-state index contributed by atoms with van der Waals surface area (Å²) in [5.41, 5.74) is 2.14. The summed E-state index contributed by atoms with van der Waals surface area (Å²) in [5.74, 6) is 0. The molecule has 0 unspecified atom stereocenters. The summed E-state index contributed by atoms with van der Waals surface area (Å²) in [7, 11) is -1.55. The van der Waals surface area contributed by atoms with E-state index in [9.17, 15) is 8.42 Å². The Kier molecular flexibility index (Phi) is 5.53. The van der Waals surface area contributed by atoms with E-state index in [0.29, 0.717) is 11.4 Å². The highest BCUT2D eigenvalue weighted by molar-refractivity contribution is 7.89. The third kappa shape index (κ3) is 4.60. The Morgan fingerprint density at radius 2 is 1.83 bits per heavy atom. The highest BCUT2D eigenvalue weighted by atomic mass is 32.2. The monoisotopic (exact) mass is 268 g/mol. The molecule has 0 radical (unpaired) electrons. The molecule has 0 aliphatic heterocycles. The summed E-state index contributed by atoms with van der Waals surface area (Å²) < 4.78 is 26.4. The zero-order chi connectivity index (χ0) is 13.6. The lowest BCUT2D eigenvalue weighted by atomic mass is 10.2. The van der Waals surface area contributed by atoms with Crippen molar-refractivity contribution in [1.82, 2.24) is 10.0 Å². The lowest BCUT2D eigenvalue weighted by molar-refractivity contribution is 0.585. The van der Waals surface area contributed by atoms with Crippen LogP contribution in [0.5, 0.6) is 0 Å².